The molecule has 0 aliphatic carbocycles. The van der Waals surface area contributed by atoms with Crippen LogP contribution in [0.15, 0.2) is 60.0 Å². The van der Waals surface area contributed by atoms with E-state index in [9.17, 15) is 23.7 Å². The number of rotatable bonds is 8. The number of sulfonamides is 1. The van der Waals surface area contributed by atoms with Crippen molar-refractivity contribution in [2.45, 2.75) is 17.6 Å². The summed E-state index contributed by atoms with van der Waals surface area (Å²) in [5, 5.41) is 31.9. The highest BCUT2D eigenvalue weighted by Crippen LogP contribution is 2.30. The Kier molecular flexibility index (Phi) is 6.14. The molecule has 12 heteroatoms. The molecule has 1 atom stereocenters. The van der Waals surface area contributed by atoms with Gasteiger partial charge in [0.1, 0.15) is 5.75 Å². The van der Waals surface area contributed by atoms with E-state index >= 15 is 0 Å². The van der Waals surface area contributed by atoms with Crippen molar-refractivity contribution in [3.05, 3.63) is 60.6 Å². The van der Waals surface area contributed by atoms with Crippen molar-refractivity contribution in [3.63, 3.8) is 0 Å². The number of anilines is 3. The molecule has 33 heavy (non-hydrogen) atoms. The van der Waals surface area contributed by atoms with Gasteiger partial charge in [-0.15, -0.1) is 0 Å². The van der Waals surface area contributed by atoms with Crippen LogP contribution < -0.4 is 10.0 Å². The van der Waals surface area contributed by atoms with Crippen LogP contribution in [0.25, 0.3) is 11.0 Å². The highest BCUT2D eigenvalue weighted by Gasteiger charge is 2.22. The van der Waals surface area contributed by atoms with Gasteiger partial charge < -0.3 is 25.2 Å². The first-order valence-electron chi connectivity index (χ1n) is 9.90. The van der Waals surface area contributed by atoms with Crippen molar-refractivity contribution in [2.75, 3.05) is 16.6 Å². The van der Waals surface area contributed by atoms with Crippen LogP contribution in [-0.2, 0) is 23.5 Å². The molecular formula is C21H22N6O5S. The number of aliphatic hydroxyl groups excluding tert-OH is 2. The Morgan fingerprint density at radius 1 is 1.09 bits per heavy atom. The molecule has 0 radical (unpaired) electrons. The predicted octanol–water partition coefficient (Wildman–Crippen LogP) is 1.51. The number of nitrogens with one attached hydrogen (secondary N) is 2. The third-order valence-electron chi connectivity index (χ3n) is 4.77. The SMILES string of the molecule is Cn1cnc(S(=O)(=O)Nc2nc3ccccc3nc2Nc2cc(O)ccc2CC(O)CO)c1. The lowest BCUT2D eigenvalue weighted by molar-refractivity contribution is 0.0956. The van der Waals surface area contributed by atoms with Gasteiger partial charge in [0.2, 0.25) is 0 Å². The molecule has 172 valence electrons. The highest BCUT2D eigenvalue weighted by atomic mass is 32.2. The first kappa shape index (κ1) is 22.5. The fourth-order valence-corrected chi connectivity index (χ4v) is 4.16. The Balaban J connectivity index is 1.78. The summed E-state index contributed by atoms with van der Waals surface area (Å²) in [4.78, 5) is 12.8. The summed E-state index contributed by atoms with van der Waals surface area (Å²) in [6, 6.07) is 11.4. The number of aromatic hydroxyl groups is 1. The lowest BCUT2D eigenvalue weighted by atomic mass is 10.1. The van der Waals surface area contributed by atoms with Gasteiger partial charge >= 0.3 is 0 Å². The molecule has 0 aliphatic heterocycles. The Morgan fingerprint density at radius 2 is 1.79 bits per heavy atom. The van der Waals surface area contributed by atoms with Crippen molar-refractivity contribution >= 4 is 38.4 Å². The van der Waals surface area contributed by atoms with Crippen molar-refractivity contribution in [1.82, 2.24) is 19.5 Å². The number of para-hydroxylation sites is 2. The third kappa shape index (κ3) is 5.03. The zero-order valence-corrected chi connectivity index (χ0v) is 18.4. The molecule has 0 aliphatic rings. The second kappa shape index (κ2) is 9.02. The van der Waals surface area contributed by atoms with Crippen LogP contribution in [0.4, 0.5) is 17.3 Å². The fraction of sp³-hybridized carbons (Fsp3) is 0.190. The lowest BCUT2D eigenvalue weighted by Gasteiger charge is -2.17. The second-order valence-electron chi connectivity index (χ2n) is 7.40. The van der Waals surface area contributed by atoms with Crippen molar-refractivity contribution < 1.29 is 23.7 Å². The van der Waals surface area contributed by atoms with Crippen LogP contribution in [-0.4, -0.2) is 56.0 Å². The molecule has 0 saturated heterocycles. The summed E-state index contributed by atoms with van der Waals surface area (Å²) in [5.74, 6) is -0.0426. The van der Waals surface area contributed by atoms with E-state index in [0.717, 1.165) is 0 Å². The lowest BCUT2D eigenvalue weighted by Crippen LogP contribution is -2.17. The minimum Gasteiger partial charge on any atom is -0.508 e. The highest BCUT2D eigenvalue weighted by molar-refractivity contribution is 7.92. The predicted molar refractivity (Wildman–Crippen MR) is 122 cm³/mol. The monoisotopic (exact) mass is 470 g/mol. The van der Waals surface area contributed by atoms with Gasteiger partial charge in [0.25, 0.3) is 10.0 Å². The zero-order valence-electron chi connectivity index (χ0n) is 17.5. The van der Waals surface area contributed by atoms with Crippen molar-refractivity contribution in [2.24, 2.45) is 7.05 Å². The second-order valence-corrected chi connectivity index (χ2v) is 9.03. The molecule has 0 bridgehead atoms. The van der Waals surface area contributed by atoms with Crippen molar-refractivity contribution in [1.29, 1.82) is 0 Å². The fourth-order valence-electron chi connectivity index (χ4n) is 3.17. The number of phenolic OH excluding ortho intramolecular Hbond substituents is 1. The number of aliphatic hydroxyl groups is 2. The van der Waals surface area contributed by atoms with E-state index < -0.39 is 22.7 Å². The van der Waals surface area contributed by atoms with Gasteiger partial charge in [0.15, 0.2) is 16.7 Å². The number of benzene rings is 2. The summed E-state index contributed by atoms with van der Waals surface area (Å²) >= 11 is 0. The average molecular weight is 471 g/mol. The molecule has 0 amide bonds. The normalized spacial score (nSPS) is 12.6. The number of phenols is 1. The van der Waals surface area contributed by atoms with Gasteiger partial charge in [0.05, 0.1) is 30.1 Å². The molecule has 4 aromatic rings. The minimum atomic E-state index is -4.06. The number of fused-ring (bicyclic) bond motifs is 1. The first-order valence-corrected chi connectivity index (χ1v) is 11.4. The Labute approximate surface area is 189 Å². The average Bonchev–Trinajstić information content (AvgIpc) is 3.23. The molecule has 2 aromatic carbocycles. The smallest absolute Gasteiger partial charge is 0.282 e. The van der Waals surface area contributed by atoms with Gasteiger partial charge in [-0.25, -0.2) is 15.0 Å². The van der Waals surface area contributed by atoms with E-state index in [-0.39, 0.29) is 28.8 Å². The van der Waals surface area contributed by atoms with Crippen LogP contribution in [0.3, 0.4) is 0 Å². The standard InChI is InChI=1S/C21H22N6O5S/c1-27-10-19(22-12-27)33(31,32)26-21-20(23-16-4-2-3-5-17(16)24-21)25-18-9-14(29)7-6-13(18)8-15(30)11-28/h2-7,9-10,12,15,28-30H,8,11H2,1H3,(H,23,25)(H,24,26). The van der Waals surface area contributed by atoms with Crippen LogP contribution in [0, 0.1) is 0 Å². The summed E-state index contributed by atoms with van der Waals surface area (Å²) < 4.78 is 29.7. The van der Waals surface area contributed by atoms with E-state index in [1.807, 2.05) is 0 Å². The molecular weight excluding hydrogens is 448 g/mol. The number of nitrogens with zero attached hydrogens (tertiary/aromatic N) is 4. The molecule has 5 N–H and O–H groups in total. The first-order chi connectivity index (χ1) is 15.7. The minimum absolute atomic E-state index is 0.0518. The van der Waals surface area contributed by atoms with E-state index in [0.29, 0.717) is 22.3 Å². The summed E-state index contributed by atoms with van der Waals surface area (Å²) in [5.41, 5.74) is 1.92. The largest absolute Gasteiger partial charge is 0.508 e. The maximum atomic E-state index is 12.9. The van der Waals surface area contributed by atoms with Gasteiger partial charge in [-0.1, -0.05) is 18.2 Å². The Bertz CT molecular complexity index is 1410. The number of imidazole rings is 1. The van der Waals surface area contributed by atoms with E-state index in [2.05, 4.69) is 25.0 Å². The zero-order chi connectivity index (χ0) is 23.6. The number of hydrogen-bond acceptors (Lipinski definition) is 9. The molecule has 1 unspecified atom stereocenters. The van der Waals surface area contributed by atoms with E-state index in [1.165, 1.54) is 29.2 Å². The Hall–Kier alpha value is -3.74. The maximum absolute atomic E-state index is 12.9. The quantitative estimate of drug-likeness (QED) is 0.257. The molecule has 0 spiro atoms. The van der Waals surface area contributed by atoms with Crippen LogP contribution in [0.2, 0.25) is 0 Å². The molecule has 2 aromatic heterocycles. The summed E-state index contributed by atoms with van der Waals surface area (Å²) in [6.45, 7) is -0.439. The van der Waals surface area contributed by atoms with Gasteiger partial charge in [-0.3, -0.25) is 4.72 Å². The van der Waals surface area contributed by atoms with Crippen LogP contribution >= 0.6 is 0 Å². The van der Waals surface area contributed by atoms with Gasteiger partial charge in [-0.2, -0.15) is 8.42 Å². The van der Waals surface area contributed by atoms with Crippen molar-refractivity contribution in [3.8, 4) is 5.75 Å². The molecule has 11 nitrogen and oxygen atoms in total. The number of aryl methyl sites for hydroxylation is 1. The maximum Gasteiger partial charge on any atom is 0.282 e. The molecule has 0 saturated carbocycles. The summed E-state index contributed by atoms with van der Waals surface area (Å²) in [7, 11) is -2.41. The van der Waals surface area contributed by atoms with E-state index in [4.69, 9.17) is 0 Å². The number of aromatic nitrogens is 4. The molecule has 2 heterocycles. The topological polar surface area (TPSA) is 162 Å². The van der Waals surface area contributed by atoms with E-state index in [1.54, 1.807) is 37.4 Å². The van der Waals surface area contributed by atoms with Gasteiger partial charge in [-0.05, 0) is 23.8 Å². The Morgan fingerprint density at radius 3 is 2.42 bits per heavy atom. The third-order valence-corrected chi connectivity index (χ3v) is 5.99. The van der Waals surface area contributed by atoms with Crippen LogP contribution in [0.1, 0.15) is 5.56 Å². The van der Waals surface area contributed by atoms with Crippen LogP contribution in [0.5, 0.6) is 5.75 Å². The summed E-state index contributed by atoms with van der Waals surface area (Å²) in [6.07, 6.45) is 1.80. The number of hydrogen-bond donors (Lipinski definition) is 5. The molecule has 4 rings (SSSR count). The molecule has 0 fully saturated rings. The van der Waals surface area contributed by atoms with Gasteiger partial charge in [0, 0.05) is 31.4 Å².